The van der Waals surface area contributed by atoms with Crippen molar-refractivity contribution in [3.63, 3.8) is 0 Å². The topological polar surface area (TPSA) is 45.2 Å². The van der Waals surface area contributed by atoms with E-state index in [9.17, 15) is 4.79 Å². The average molecular weight is 221 g/mol. The molecule has 88 valence electrons. The predicted octanol–water partition coefficient (Wildman–Crippen LogP) is 1.67. The highest BCUT2D eigenvalue weighted by molar-refractivity contribution is 5.76. The van der Waals surface area contributed by atoms with Crippen LogP contribution in [0.5, 0.6) is 0 Å². The van der Waals surface area contributed by atoms with Crippen molar-refractivity contribution in [2.24, 2.45) is 0 Å². The SMILES string of the molecule is Cc1ncccc1NC(C)CC(=O)N(C)C. The fraction of sp³-hybridized carbons (Fsp3) is 0.500. The van der Waals surface area contributed by atoms with E-state index < -0.39 is 0 Å². The Morgan fingerprint density at radius 1 is 1.56 bits per heavy atom. The molecule has 1 aromatic rings. The molecule has 0 aromatic carbocycles. The number of hydrogen-bond acceptors (Lipinski definition) is 3. The average Bonchev–Trinajstić information content (AvgIpc) is 2.21. The van der Waals surface area contributed by atoms with Gasteiger partial charge in [0.1, 0.15) is 0 Å². The van der Waals surface area contributed by atoms with E-state index >= 15 is 0 Å². The van der Waals surface area contributed by atoms with Gasteiger partial charge in [-0.15, -0.1) is 0 Å². The molecule has 0 fully saturated rings. The van der Waals surface area contributed by atoms with Crippen LogP contribution in [0.1, 0.15) is 19.0 Å². The number of hydrogen-bond donors (Lipinski definition) is 1. The Morgan fingerprint density at radius 2 is 2.25 bits per heavy atom. The molecule has 1 amide bonds. The molecule has 1 atom stereocenters. The molecular weight excluding hydrogens is 202 g/mol. The highest BCUT2D eigenvalue weighted by Crippen LogP contribution is 2.13. The van der Waals surface area contributed by atoms with Crippen LogP contribution in [0.4, 0.5) is 5.69 Å². The molecular formula is C12H19N3O. The normalized spacial score (nSPS) is 12.0. The van der Waals surface area contributed by atoms with Gasteiger partial charge in [0.05, 0.1) is 11.4 Å². The third-order valence-corrected chi connectivity index (χ3v) is 2.39. The lowest BCUT2D eigenvalue weighted by Gasteiger charge is -2.18. The Hall–Kier alpha value is -1.58. The monoisotopic (exact) mass is 221 g/mol. The fourth-order valence-electron chi connectivity index (χ4n) is 1.40. The molecule has 0 bridgehead atoms. The number of aromatic nitrogens is 1. The number of nitrogens with one attached hydrogen (secondary N) is 1. The summed E-state index contributed by atoms with van der Waals surface area (Å²) in [6, 6.07) is 3.97. The van der Waals surface area contributed by atoms with Crippen molar-refractivity contribution in [3.05, 3.63) is 24.0 Å². The Morgan fingerprint density at radius 3 is 2.81 bits per heavy atom. The van der Waals surface area contributed by atoms with E-state index in [2.05, 4.69) is 10.3 Å². The Balaban J connectivity index is 2.55. The summed E-state index contributed by atoms with van der Waals surface area (Å²) in [6.45, 7) is 3.94. The summed E-state index contributed by atoms with van der Waals surface area (Å²) < 4.78 is 0. The molecule has 0 aliphatic carbocycles. The van der Waals surface area contributed by atoms with E-state index in [4.69, 9.17) is 0 Å². The van der Waals surface area contributed by atoms with Gasteiger partial charge < -0.3 is 10.2 Å². The molecule has 1 unspecified atom stereocenters. The number of nitrogens with zero attached hydrogens (tertiary/aromatic N) is 2. The van der Waals surface area contributed by atoms with Crippen LogP contribution in [0.15, 0.2) is 18.3 Å². The first-order valence-corrected chi connectivity index (χ1v) is 5.39. The molecule has 1 aromatic heterocycles. The quantitative estimate of drug-likeness (QED) is 0.841. The van der Waals surface area contributed by atoms with Crippen LogP contribution < -0.4 is 5.32 Å². The summed E-state index contributed by atoms with van der Waals surface area (Å²) in [6.07, 6.45) is 2.25. The van der Waals surface area contributed by atoms with Gasteiger partial charge in [-0.3, -0.25) is 9.78 Å². The number of anilines is 1. The molecule has 4 nitrogen and oxygen atoms in total. The molecule has 0 aliphatic heterocycles. The van der Waals surface area contributed by atoms with Crippen molar-refractivity contribution >= 4 is 11.6 Å². The van der Waals surface area contributed by atoms with Gasteiger partial charge in [0.2, 0.25) is 5.91 Å². The lowest BCUT2D eigenvalue weighted by atomic mass is 10.2. The molecule has 16 heavy (non-hydrogen) atoms. The van der Waals surface area contributed by atoms with Crippen LogP contribution in [0.3, 0.4) is 0 Å². The van der Waals surface area contributed by atoms with Gasteiger partial charge in [-0.2, -0.15) is 0 Å². The van der Waals surface area contributed by atoms with Crippen LogP contribution in [0.2, 0.25) is 0 Å². The summed E-state index contributed by atoms with van der Waals surface area (Å²) >= 11 is 0. The second-order valence-electron chi connectivity index (χ2n) is 4.17. The van der Waals surface area contributed by atoms with Crippen molar-refractivity contribution in [1.82, 2.24) is 9.88 Å². The highest BCUT2D eigenvalue weighted by atomic mass is 16.2. The maximum absolute atomic E-state index is 11.5. The van der Waals surface area contributed by atoms with E-state index in [0.717, 1.165) is 11.4 Å². The minimum absolute atomic E-state index is 0.109. The third-order valence-electron chi connectivity index (χ3n) is 2.39. The third kappa shape index (κ3) is 3.53. The molecule has 1 rings (SSSR count). The van der Waals surface area contributed by atoms with Crippen LogP contribution in [0.25, 0.3) is 0 Å². The van der Waals surface area contributed by atoms with Crippen molar-refractivity contribution in [2.45, 2.75) is 26.3 Å². The lowest BCUT2D eigenvalue weighted by Crippen LogP contribution is -2.28. The molecule has 1 N–H and O–H groups in total. The summed E-state index contributed by atoms with van der Waals surface area (Å²) in [7, 11) is 3.54. The minimum atomic E-state index is 0.109. The van der Waals surface area contributed by atoms with E-state index in [1.165, 1.54) is 0 Å². The van der Waals surface area contributed by atoms with Gasteiger partial charge >= 0.3 is 0 Å². The number of rotatable bonds is 4. The van der Waals surface area contributed by atoms with Crippen molar-refractivity contribution in [2.75, 3.05) is 19.4 Å². The minimum Gasteiger partial charge on any atom is -0.381 e. The molecule has 0 saturated carbocycles. The Bertz CT molecular complexity index is 363. The number of carbonyl (C=O) groups is 1. The van der Waals surface area contributed by atoms with Gasteiger partial charge in [0.15, 0.2) is 0 Å². The number of pyridine rings is 1. The van der Waals surface area contributed by atoms with Crippen molar-refractivity contribution in [3.8, 4) is 0 Å². The molecule has 4 heteroatoms. The zero-order valence-electron chi connectivity index (χ0n) is 10.3. The smallest absolute Gasteiger partial charge is 0.224 e. The molecule has 0 spiro atoms. The first-order chi connectivity index (χ1) is 7.50. The van der Waals surface area contributed by atoms with Gasteiger partial charge in [-0.05, 0) is 26.0 Å². The van der Waals surface area contributed by atoms with Gasteiger partial charge in [-0.25, -0.2) is 0 Å². The fourth-order valence-corrected chi connectivity index (χ4v) is 1.40. The van der Waals surface area contributed by atoms with Crippen LogP contribution in [-0.2, 0) is 4.79 Å². The van der Waals surface area contributed by atoms with Crippen LogP contribution >= 0.6 is 0 Å². The van der Waals surface area contributed by atoms with Gasteiger partial charge in [-0.1, -0.05) is 0 Å². The Kier molecular flexibility index (Phi) is 4.28. The van der Waals surface area contributed by atoms with Crippen molar-refractivity contribution < 1.29 is 4.79 Å². The number of amides is 1. The summed E-state index contributed by atoms with van der Waals surface area (Å²) in [5, 5.41) is 3.29. The maximum atomic E-state index is 11.5. The zero-order valence-corrected chi connectivity index (χ0v) is 10.3. The summed E-state index contributed by atoms with van der Waals surface area (Å²) in [4.78, 5) is 17.3. The second-order valence-corrected chi connectivity index (χ2v) is 4.17. The van der Waals surface area contributed by atoms with Crippen LogP contribution in [-0.4, -0.2) is 35.9 Å². The number of aryl methyl sites for hydroxylation is 1. The van der Waals surface area contributed by atoms with Gasteiger partial charge in [0, 0.05) is 32.8 Å². The van der Waals surface area contributed by atoms with Gasteiger partial charge in [0.25, 0.3) is 0 Å². The standard InChI is InChI=1S/C12H19N3O/c1-9(8-12(16)15(3)4)14-11-6-5-7-13-10(11)2/h5-7,9,14H,8H2,1-4H3. The summed E-state index contributed by atoms with van der Waals surface area (Å²) in [5.74, 6) is 0.126. The van der Waals surface area contributed by atoms with E-state index in [0.29, 0.717) is 6.42 Å². The zero-order chi connectivity index (χ0) is 12.1. The lowest BCUT2D eigenvalue weighted by molar-refractivity contribution is -0.128. The Labute approximate surface area is 96.7 Å². The second kappa shape index (κ2) is 5.49. The number of carbonyl (C=O) groups excluding carboxylic acids is 1. The molecule has 0 aliphatic rings. The summed E-state index contributed by atoms with van der Waals surface area (Å²) in [5.41, 5.74) is 1.94. The first kappa shape index (κ1) is 12.5. The van der Waals surface area contributed by atoms with Crippen LogP contribution in [0, 0.1) is 6.92 Å². The first-order valence-electron chi connectivity index (χ1n) is 5.39. The molecule has 0 radical (unpaired) electrons. The molecule has 0 saturated heterocycles. The molecule has 1 heterocycles. The van der Waals surface area contributed by atoms with E-state index in [-0.39, 0.29) is 11.9 Å². The van der Waals surface area contributed by atoms with E-state index in [1.54, 1.807) is 25.2 Å². The van der Waals surface area contributed by atoms with Crippen molar-refractivity contribution in [1.29, 1.82) is 0 Å². The highest BCUT2D eigenvalue weighted by Gasteiger charge is 2.11. The largest absolute Gasteiger partial charge is 0.381 e. The van der Waals surface area contributed by atoms with E-state index in [1.807, 2.05) is 26.0 Å². The maximum Gasteiger partial charge on any atom is 0.224 e. The predicted molar refractivity (Wildman–Crippen MR) is 65.4 cm³/mol.